The molecule has 0 bridgehead atoms. The number of nitrogens with one attached hydrogen (secondary N) is 1. The molecule has 1 amide bonds. The number of thiophene rings is 1. The van der Waals surface area contributed by atoms with Crippen LogP contribution in [0.3, 0.4) is 0 Å². The summed E-state index contributed by atoms with van der Waals surface area (Å²) in [6.45, 7) is 1.89. The van der Waals surface area contributed by atoms with Gasteiger partial charge in [0.25, 0.3) is 0 Å². The van der Waals surface area contributed by atoms with Gasteiger partial charge in [-0.15, -0.1) is 11.3 Å². The average Bonchev–Trinajstić information content (AvgIpc) is 3.12. The molecule has 2 aromatic carbocycles. The number of benzene rings is 2. The molecule has 1 aliphatic heterocycles. The van der Waals surface area contributed by atoms with E-state index in [1.54, 1.807) is 41.8 Å². The van der Waals surface area contributed by atoms with Crippen molar-refractivity contribution in [2.24, 2.45) is 0 Å². The SMILES string of the molecule is Cc1ccc(S(=O)(=O)c2csc3c2NC(=O)C[C@@H]3c2ccc(C#N)cc2)cc1. The monoisotopic (exact) mass is 408 g/mol. The largest absolute Gasteiger partial charge is 0.324 e. The van der Waals surface area contributed by atoms with Gasteiger partial charge in [0.15, 0.2) is 0 Å². The van der Waals surface area contributed by atoms with Crippen LogP contribution in [0.15, 0.2) is 63.7 Å². The molecule has 0 saturated carbocycles. The van der Waals surface area contributed by atoms with Gasteiger partial charge in [-0.1, -0.05) is 29.8 Å². The van der Waals surface area contributed by atoms with E-state index in [4.69, 9.17) is 5.26 Å². The predicted molar refractivity (Wildman–Crippen MR) is 107 cm³/mol. The second kappa shape index (κ2) is 6.89. The molecule has 140 valence electrons. The van der Waals surface area contributed by atoms with Crippen LogP contribution < -0.4 is 5.32 Å². The third-order valence-corrected chi connectivity index (χ3v) is 7.86. The number of nitriles is 1. The Hall–Kier alpha value is -2.95. The summed E-state index contributed by atoms with van der Waals surface area (Å²) >= 11 is 1.33. The third kappa shape index (κ3) is 3.11. The lowest BCUT2D eigenvalue weighted by molar-refractivity contribution is -0.116. The van der Waals surface area contributed by atoms with Gasteiger partial charge in [-0.05, 0) is 36.8 Å². The van der Waals surface area contributed by atoms with Gasteiger partial charge < -0.3 is 5.32 Å². The van der Waals surface area contributed by atoms with E-state index in [0.29, 0.717) is 11.3 Å². The predicted octanol–water partition coefficient (Wildman–Crippen LogP) is 4.24. The first-order chi connectivity index (χ1) is 13.4. The van der Waals surface area contributed by atoms with Crippen LogP contribution >= 0.6 is 11.3 Å². The minimum absolute atomic E-state index is 0.128. The molecule has 28 heavy (non-hydrogen) atoms. The number of rotatable bonds is 3. The highest BCUT2D eigenvalue weighted by molar-refractivity contribution is 7.91. The molecular weight excluding hydrogens is 392 g/mol. The van der Waals surface area contributed by atoms with Crippen LogP contribution in [0.4, 0.5) is 5.69 Å². The maximum absolute atomic E-state index is 13.1. The Kier molecular flexibility index (Phi) is 4.53. The summed E-state index contributed by atoms with van der Waals surface area (Å²) in [6.07, 6.45) is 0.240. The molecular formula is C21H16N2O3S2. The Balaban J connectivity index is 1.80. The van der Waals surface area contributed by atoms with Crippen LogP contribution in [-0.2, 0) is 14.6 Å². The Morgan fingerprint density at radius 2 is 1.79 bits per heavy atom. The van der Waals surface area contributed by atoms with Crippen molar-refractivity contribution < 1.29 is 13.2 Å². The lowest BCUT2D eigenvalue weighted by Crippen LogP contribution is -2.23. The number of hydrogen-bond acceptors (Lipinski definition) is 5. The van der Waals surface area contributed by atoms with Crippen molar-refractivity contribution in [3.63, 3.8) is 0 Å². The number of aryl methyl sites for hydroxylation is 1. The highest BCUT2D eigenvalue weighted by Gasteiger charge is 2.34. The average molecular weight is 409 g/mol. The molecule has 0 spiro atoms. The summed E-state index contributed by atoms with van der Waals surface area (Å²) < 4.78 is 26.3. The quantitative estimate of drug-likeness (QED) is 0.702. The van der Waals surface area contributed by atoms with Crippen molar-refractivity contribution in [2.45, 2.75) is 29.1 Å². The molecule has 1 aromatic heterocycles. The summed E-state index contributed by atoms with van der Waals surface area (Å²) in [5, 5.41) is 13.3. The molecule has 0 unspecified atom stereocenters. The maximum Gasteiger partial charge on any atom is 0.225 e. The number of nitrogens with zero attached hydrogens (tertiary/aromatic N) is 1. The minimum atomic E-state index is -3.74. The lowest BCUT2D eigenvalue weighted by Gasteiger charge is -2.23. The lowest BCUT2D eigenvalue weighted by atomic mass is 9.90. The third-order valence-electron chi connectivity index (χ3n) is 4.82. The van der Waals surface area contributed by atoms with Crippen molar-refractivity contribution in [1.82, 2.24) is 0 Å². The standard InChI is InChI=1S/C21H16N2O3S2/c1-13-2-8-16(9-3-13)28(25,26)18-12-27-21-17(10-19(24)23-20(18)21)15-6-4-14(11-22)5-7-15/h2-9,12,17H,10H2,1H3,(H,23,24)/t17-/m1/s1. The number of hydrogen-bond donors (Lipinski definition) is 1. The molecule has 0 radical (unpaired) electrons. The molecule has 5 nitrogen and oxygen atoms in total. The van der Waals surface area contributed by atoms with Crippen LogP contribution in [0.25, 0.3) is 0 Å². The number of anilines is 1. The smallest absolute Gasteiger partial charge is 0.225 e. The molecule has 1 atom stereocenters. The van der Waals surface area contributed by atoms with Crippen LogP contribution in [0.2, 0.25) is 0 Å². The zero-order valence-electron chi connectivity index (χ0n) is 15.0. The zero-order valence-corrected chi connectivity index (χ0v) is 16.6. The fourth-order valence-corrected chi connectivity index (χ4v) is 6.21. The minimum Gasteiger partial charge on any atom is -0.324 e. The van der Waals surface area contributed by atoms with E-state index in [1.165, 1.54) is 11.3 Å². The summed E-state index contributed by atoms with van der Waals surface area (Å²) in [4.78, 5) is 13.5. The summed E-state index contributed by atoms with van der Waals surface area (Å²) in [7, 11) is -3.74. The summed E-state index contributed by atoms with van der Waals surface area (Å²) in [6, 6.07) is 15.8. The molecule has 1 N–H and O–H groups in total. The van der Waals surface area contributed by atoms with Crippen molar-refractivity contribution in [3.05, 3.63) is 75.5 Å². The first-order valence-electron chi connectivity index (χ1n) is 8.63. The topological polar surface area (TPSA) is 87.0 Å². The Morgan fingerprint density at radius 1 is 1.11 bits per heavy atom. The van der Waals surface area contributed by atoms with E-state index in [-0.39, 0.29) is 28.0 Å². The van der Waals surface area contributed by atoms with Crippen molar-refractivity contribution in [1.29, 1.82) is 5.26 Å². The molecule has 0 fully saturated rings. The van der Waals surface area contributed by atoms with Gasteiger partial charge in [0.2, 0.25) is 15.7 Å². The highest BCUT2D eigenvalue weighted by Crippen LogP contribution is 2.45. The second-order valence-corrected chi connectivity index (χ2v) is 9.52. The molecule has 7 heteroatoms. The molecule has 2 heterocycles. The van der Waals surface area contributed by atoms with Gasteiger partial charge in [-0.3, -0.25) is 4.79 Å². The fourth-order valence-electron chi connectivity index (χ4n) is 3.31. The summed E-state index contributed by atoms with van der Waals surface area (Å²) in [5.41, 5.74) is 2.77. The van der Waals surface area contributed by atoms with Gasteiger partial charge in [0, 0.05) is 22.6 Å². The van der Waals surface area contributed by atoms with Crippen LogP contribution in [0.1, 0.15) is 33.9 Å². The van der Waals surface area contributed by atoms with Crippen molar-refractivity contribution in [2.75, 3.05) is 5.32 Å². The van der Waals surface area contributed by atoms with Gasteiger partial charge in [-0.25, -0.2) is 8.42 Å². The molecule has 1 aliphatic rings. The van der Waals surface area contributed by atoms with E-state index >= 15 is 0 Å². The maximum atomic E-state index is 13.1. The van der Waals surface area contributed by atoms with Gasteiger partial charge >= 0.3 is 0 Å². The van der Waals surface area contributed by atoms with E-state index in [9.17, 15) is 13.2 Å². The number of fused-ring (bicyclic) bond motifs is 1. The zero-order chi connectivity index (χ0) is 19.9. The summed E-state index contributed by atoms with van der Waals surface area (Å²) in [5.74, 6) is -0.455. The molecule has 0 aliphatic carbocycles. The first kappa shape index (κ1) is 18.4. The Morgan fingerprint density at radius 3 is 2.43 bits per heavy atom. The van der Waals surface area contributed by atoms with Crippen molar-refractivity contribution >= 4 is 32.8 Å². The van der Waals surface area contributed by atoms with E-state index in [2.05, 4.69) is 11.4 Å². The Bertz CT molecular complexity index is 1200. The number of carbonyl (C=O) groups excluding carboxylic acids is 1. The van der Waals surface area contributed by atoms with E-state index in [0.717, 1.165) is 16.0 Å². The van der Waals surface area contributed by atoms with Crippen LogP contribution in [0, 0.1) is 18.3 Å². The van der Waals surface area contributed by atoms with Gasteiger partial charge in [-0.2, -0.15) is 5.26 Å². The number of amides is 1. The van der Waals surface area contributed by atoms with Crippen LogP contribution in [0.5, 0.6) is 0 Å². The first-order valence-corrected chi connectivity index (χ1v) is 11.0. The highest BCUT2D eigenvalue weighted by atomic mass is 32.2. The normalized spacial score (nSPS) is 16.1. The van der Waals surface area contributed by atoms with Gasteiger partial charge in [0.05, 0.1) is 22.2 Å². The van der Waals surface area contributed by atoms with E-state index in [1.807, 2.05) is 19.1 Å². The molecule has 3 aromatic rings. The molecule has 0 saturated heterocycles. The van der Waals surface area contributed by atoms with E-state index < -0.39 is 9.84 Å². The fraction of sp³-hybridized carbons (Fsp3) is 0.143. The Labute approximate surface area is 167 Å². The van der Waals surface area contributed by atoms with Crippen molar-refractivity contribution in [3.8, 4) is 6.07 Å². The van der Waals surface area contributed by atoms with Crippen LogP contribution in [-0.4, -0.2) is 14.3 Å². The number of sulfone groups is 1. The molecule has 4 rings (SSSR count). The number of carbonyl (C=O) groups is 1. The van der Waals surface area contributed by atoms with Gasteiger partial charge in [0.1, 0.15) is 4.90 Å². The second-order valence-electron chi connectivity index (χ2n) is 6.69.